The molecule has 7 heteroatoms. The van der Waals surface area contributed by atoms with Crippen LogP contribution in [0.25, 0.3) is 0 Å². The highest BCUT2D eigenvalue weighted by Crippen LogP contribution is 2.14. The van der Waals surface area contributed by atoms with Crippen molar-refractivity contribution in [2.45, 2.75) is 45.4 Å². The number of aliphatic hydroxyl groups excluding tert-OH is 1. The Balaban J connectivity index is 0.00000363. The summed E-state index contributed by atoms with van der Waals surface area (Å²) >= 11 is 0. The monoisotopic (exact) mass is 552 g/mol. The third kappa shape index (κ3) is 9.34. The maximum Gasteiger partial charge on any atom is 0.191 e. The molecule has 1 atom stereocenters. The summed E-state index contributed by atoms with van der Waals surface area (Å²) in [6, 6.07) is 18.9. The van der Waals surface area contributed by atoms with Gasteiger partial charge in [-0.05, 0) is 49.9 Å². The first-order valence-electron chi connectivity index (χ1n) is 11.3. The van der Waals surface area contributed by atoms with Crippen molar-refractivity contribution in [3.63, 3.8) is 0 Å². The van der Waals surface area contributed by atoms with Gasteiger partial charge in [0.05, 0.1) is 6.54 Å². The van der Waals surface area contributed by atoms with Crippen LogP contribution in [0.15, 0.2) is 59.6 Å². The fourth-order valence-electron chi connectivity index (χ4n) is 3.74. The van der Waals surface area contributed by atoms with Crippen LogP contribution in [0.5, 0.6) is 5.75 Å². The Morgan fingerprint density at radius 3 is 2.59 bits per heavy atom. The average Bonchev–Trinajstić information content (AvgIpc) is 2.78. The molecule has 3 rings (SSSR count). The van der Waals surface area contributed by atoms with Gasteiger partial charge in [0, 0.05) is 32.2 Å². The fourth-order valence-corrected chi connectivity index (χ4v) is 3.74. The maximum atomic E-state index is 10.3. The SMILES string of the molecule is CCNC(=NCC(O)COc1cccc(C)c1)NC1CCN(Cc2ccccc2)CC1.I. The van der Waals surface area contributed by atoms with E-state index in [1.807, 2.05) is 31.2 Å². The zero-order valence-corrected chi connectivity index (χ0v) is 21.5. The molecule has 1 fully saturated rings. The lowest BCUT2D eigenvalue weighted by Crippen LogP contribution is -2.48. The number of benzene rings is 2. The molecule has 1 heterocycles. The first-order valence-corrected chi connectivity index (χ1v) is 11.3. The van der Waals surface area contributed by atoms with Crippen molar-refractivity contribution in [2.75, 3.05) is 32.8 Å². The largest absolute Gasteiger partial charge is 0.491 e. The van der Waals surface area contributed by atoms with Gasteiger partial charge in [-0.15, -0.1) is 24.0 Å². The van der Waals surface area contributed by atoms with E-state index >= 15 is 0 Å². The zero-order chi connectivity index (χ0) is 21.9. The summed E-state index contributed by atoms with van der Waals surface area (Å²) in [5.74, 6) is 1.54. The van der Waals surface area contributed by atoms with Crippen molar-refractivity contribution in [3.8, 4) is 5.75 Å². The van der Waals surface area contributed by atoms with E-state index in [4.69, 9.17) is 4.74 Å². The highest BCUT2D eigenvalue weighted by molar-refractivity contribution is 14.0. The lowest BCUT2D eigenvalue weighted by molar-refractivity contribution is 0.114. The molecule has 0 saturated carbocycles. The minimum Gasteiger partial charge on any atom is -0.491 e. The quantitative estimate of drug-likeness (QED) is 0.252. The Labute approximate surface area is 209 Å². The number of rotatable bonds is 9. The van der Waals surface area contributed by atoms with E-state index in [0.717, 1.165) is 56.3 Å². The highest BCUT2D eigenvalue weighted by Gasteiger charge is 2.20. The van der Waals surface area contributed by atoms with Gasteiger partial charge in [-0.1, -0.05) is 42.5 Å². The average molecular weight is 553 g/mol. The molecule has 1 saturated heterocycles. The zero-order valence-electron chi connectivity index (χ0n) is 19.2. The molecule has 32 heavy (non-hydrogen) atoms. The Kier molecular flexibility index (Phi) is 11.8. The number of aliphatic imine (C=N–C) groups is 1. The normalized spacial score (nSPS) is 16.2. The Hall–Kier alpha value is -1.84. The van der Waals surface area contributed by atoms with E-state index in [9.17, 15) is 5.11 Å². The van der Waals surface area contributed by atoms with Crippen LogP contribution in [0.4, 0.5) is 0 Å². The number of hydrogen-bond acceptors (Lipinski definition) is 4. The van der Waals surface area contributed by atoms with Crippen molar-refractivity contribution in [3.05, 3.63) is 65.7 Å². The first kappa shape index (κ1) is 26.4. The van der Waals surface area contributed by atoms with Crippen molar-refractivity contribution in [1.29, 1.82) is 0 Å². The predicted octanol–water partition coefficient (Wildman–Crippen LogP) is 3.57. The third-order valence-corrected chi connectivity index (χ3v) is 5.41. The second-order valence-corrected chi connectivity index (χ2v) is 8.18. The topological polar surface area (TPSA) is 69.1 Å². The Morgan fingerprint density at radius 1 is 1.16 bits per heavy atom. The van der Waals surface area contributed by atoms with Gasteiger partial charge in [-0.3, -0.25) is 9.89 Å². The number of guanidine groups is 1. The molecule has 176 valence electrons. The van der Waals surface area contributed by atoms with Crippen LogP contribution in [0.1, 0.15) is 30.9 Å². The molecular formula is C25H37IN4O2. The first-order chi connectivity index (χ1) is 15.1. The lowest BCUT2D eigenvalue weighted by atomic mass is 10.0. The minimum atomic E-state index is -0.649. The van der Waals surface area contributed by atoms with Gasteiger partial charge in [-0.25, -0.2) is 0 Å². The fraction of sp³-hybridized carbons (Fsp3) is 0.480. The summed E-state index contributed by atoms with van der Waals surface area (Å²) in [4.78, 5) is 7.08. The van der Waals surface area contributed by atoms with Crippen LogP contribution < -0.4 is 15.4 Å². The van der Waals surface area contributed by atoms with Crippen molar-refractivity contribution < 1.29 is 9.84 Å². The summed E-state index contributed by atoms with van der Waals surface area (Å²) in [5.41, 5.74) is 2.50. The summed E-state index contributed by atoms with van der Waals surface area (Å²) < 4.78 is 5.69. The predicted molar refractivity (Wildman–Crippen MR) is 142 cm³/mol. The van der Waals surface area contributed by atoms with Gasteiger partial charge in [-0.2, -0.15) is 0 Å². The Morgan fingerprint density at radius 2 is 1.91 bits per heavy atom. The molecule has 0 amide bonds. The van der Waals surface area contributed by atoms with Gasteiger partial charge >= 0.3 is 0 Å². The van der Waals surface area contributed by atoms with E-state index in [2.05, 4.69) is 57.8 Å². The lowest BCUT2D eigenvalue weighted by Gasteiger charge is -2.33. The van der Waals surface area contributed by atoms with Gasteiger partial charge < -0.3 is 20.5 Å². The van der Waals surface area contributed by atoms with Crippen molar-refractivity contribution in [1.82, 2.24) is 15.5 Å². The second kappa shape index (κ2) is 14.3. The smallest absolute Gasteiger partial charge is 0.191 e. The third-order valence-electron chi connectivity index (χ3n) is 5.41. The number of piperidine rings is 1. The number of likely N-dealkylation sites (tertiary alicyclic amines) is 1. The Bertz CT molecular complexity index is 811. The van der Waals surface area contributed by atoms with E-state index in [1.54, 1.807) is 0 Å². The number of hydrogen-bond donors (Lipinski definition) is 3. The molecule has 2 aromatic carbocycles. The van der Waals surface area contributed by atoms with Gasteiger partial charge in [0.1, 0.15) is 18.5 Å². The van der Waals surface area contributed by atoms with E-state index in [-0.39, 0.29) is 30.6 Å². The summed E-state index contributed by atoms with van der Waals surface area (Å²) in [7, 11) is 0. The minimum absolute atomic E-state index is 0. The van der Waals surface area contributed by atoms with Crippen LogP contribution in [0, 0.1) is 6.92 Å². The molecular weight excluding hydrogens is 515 g/mol. The summed E-state index contributed by atoms with van der Waals surface area (Å²) in [6.07, 6.45) is 1.51. The number of nitrogens with one attached hydrogen (secondary N) is 2. The number of aliphatic hydroxyl groups is 1. The summed E-state index contributed by atoms with van der Waals surface area (Å²) in [6.45, 7) is 8.53. The molecule has 2 aromatic rings. The molecule has 0 aromatic heterocycles. The molecule has 1 aliphatic heterocycles. The molecule has 1 unspecified atom stereocenters. The molecule has 0 radical (unpaired) electrons. The number of halogens is 1. The van der Waals surface area contributed by atoms with Crippen molar-refractivity contribution in [2.24, 2.45) is 4.99 Å². The molecule has 1 aliphatic rings. The molecule has 6 nitrogen and oxygen atoms in total. The molecule has 3 N–H and O–H groups in total. The van der Waals surface area contributed by atoms with E-state index in [1.165, 1.54) is 5.56 Å². The van der Waals surface area contributed by atoms with E-state index in [0.29, 0.717) is 12.6 Å². The number of nitrogens with zero attached hydrogens (tertiary/aromatic N) is 2. The standard InChI is InChI=1S/C25H36N4O2.HI/c1-3-26-25(27-17-23(30)19-31-24-11-7-8-20(2)16-24)28-22-12-14-29(15-13-22)18-21-9-5-4-6-10-21;/h4-11,16,22-23,30H,3,12-15,17-19H2,1-2H3,(H2,26,27,28);1H. The van der Waals surface area contributed by atoms with Crippen LogP contribution in [0.3, 0.4) is 0 Å². The van der Waals surface area contributed by atoms with Crippen LogP contribution in [0.2, 0.25) is 0 Å². The van der Waals surface area contributed by atoms with Gasteiger partial charge in [0.15, 0.2) is 5.96 Å². The van der Waals surface area contributed by atoms with Gasteiger partial charge in [0.25, 0.3) is 0 Å². The number of aryl methyl sites for hydroxylation is 1. The maximum absolute atomic E-state index is 10.3. The van der Waals surface area contributed by atoms with Crippen molar-refractivity contribution >= 4 is 29.9 Å². The van der Waals surface area contributed by atoms with Crippen LogP contribution in [-0.2, 0) is 6.54 Å². The molecule has 0 spiro atoms. The highest BCUT2D eigenvalue weighted by atomic mass is 127. The second-order valence-electron chi connectivity index (χ2n) is 8.18. The van der Waals surface area contributed by atoms with Crippen LogP contribution >= 0.6 is 24.0 Å². The molecule has 0 aliphatic carbocycles. The number of ether oxygens (including phenoxy) is 1. The summed E-state index contributed by atoms with van der Waals surface area (Å²) in [5, 5.41) is 17.1. The van der Waals surface area contributed by atoms with Gasteiger partial charge in [0.2, 0.25) is 0 Å². The molecule has 0 bridgehead atoms. The van der Waals surface area contributed by atoms with Crippen LogP contribution in [-0.4, -0.2) is 60.9 Å². The van der Waals surface area contributed by atoms with E-state index < -0.39 is 6.10 Å².